The molecule has 0 radical (unpaired) electrons. The summed E-state index contributed by atoms with van der Waals surface area (Å²) in [5, 5.41) is 30.7. The largest absolute Gasteiger partial charge is 0.440 e. The number of aromatic hydroxyl groups is 2. The van der Waals surface area contributed by atoms with Crippen LogP contribution >= 0.6 is 0 Å². The molecule has 346 valence electrons. The van der Waals surface area contributed by atoms with E-state index in [1.54, 1.807) is 0 Å². The molecule has 5 nitrogen and oxygen atoms in total. The summed E-state index contributed by atoms with van der Waals surface area (Å²) >= 11 is -3.20. The van der Waals surface area contributed by atoms with Crippen molar-refractivity contribution < 1.29 is 68.4 Å². The molecule has 1 heterocycles. The van der Waals surface area contributed by atoms with Crippen LogP contribution < -0.4 is 0 Å². The Morgan fingerprint density at radius 2 is 0.778 bits per heavy atom. The van der Waals surface area contributed by atoms with Crippen LogP contribution in [-0.2, 0) is 35.2 Å². The van der Waals surface area contributed by atoms with Crippen molar-refractivity contribution in [1.82, 2.24) is 0 Å². The summed E-state index contributed by atoms with van der Waals surface area (Å²) in [4.78, 5) is 0. The Kier molecular flexibility index (Phi) is 14.0. The van der Waals surface area contributed by atoms with Crippen molar-refractivity contribution in [3.63, 3.8) is 0 Å². The maximum atomic E-state index is 12.1. The molecule has 0 amide bonds. The third kappa shape index (κ3) is 10.8. The second-order valence-corrected chi connectivity index (χ2v) is 24.1. The Morgan fingerprint density at radius 3 is 1.00 bits per heavy atom. The molecular weight excluding hydrogens is 876 g/mol. The van der Waals surface area contributed by atoms with Gasteiger partial charge in [-0.15, -0.1) is 0 Å². The van der Waals surface area contributed by atoms with E-state index >= 15 is 0 Å². The van der Waals surface area contributed by atoms with E-state index in [9.17, 15) is 49.7 Å². The van der Waals surface area contributed by atoms with Crippen LogP contribution in [0.1, 0.15) is 137 Å². The summed E-state index contributed by atoms with van der Waals surface area (Å²) in [5.74, 6) is 0.554. The minimum Gasteiger partial charge on any atom is -0.333 e. The van der Waals surface area contributed by atoms with E-state index in [-0.39, 0.29) is 42.7 Å². The van der Waals surface area contributed by atoms with E-state index < -0.39 is 37.6 Å². The molecule has 1 aliphatic rings. The summed E-state index contributed by atoms with van der Waals surface area (Å²) in [6.45, 7) is 26.1. The number of benzene rings is 4. The Hall–Kier alpha value is -4.32. The van der Waals surface area contributed by atoms with Gasteiger partial charge in [-0.1, -0.05) is 0 Å². The zero-order valence-electron chi connectivity index (χ0n) is 37.4. The number of nitrogens with zero attached hydrogens (tertiary/aromatic N) is 2. The van der Waals surface area contributed by atoms with Gasteiger partial charge in [0.2, 0.25) is 0 Å². The number of halogens is 9. The van der Waals surface area contributed by atoms with E-state index in [1.807, 2.05) is 12.4 Å². The third-order valence-corrected chi connectivity index (χ3v) is 15.7. The topological polar surface area (TPSA) is 85.4 Å². The molecule has 0 aliphatic carbocycles. The Balaban J connectivity index is 0.000000535. The first-order chi connectivity index (χ1) is 28.4. The third-order valence-electron chi connectivity index (χ3n) is 10.7. The molecule has 4 aromatic carbocycles. The first-order valence-corrected chi connectivity index (χ1v) is 22.7. The second-order valence-electron chi connectivity index (χ2n) is 19.9. The van der Waals surface area contributed by atoms with Crippen LogP contribution in [0, 0.1) is 0 Å². The molecule has 0 saturated carbocycles. The van der Waals surface area contributed by atoms with Crippen LogP contribution in [0.4, 0.5) is 39.5 Å². The number of rotatable bonds is 7. The fraction of sp³-hybridized carbons (Fsp3) is 0.458. The molecule has 63 heavy (non-hydrogen) atoms. The standard InChI is InChI=1S/2C15H22NO.C14H12.C4HF9O.Cr/c2*1-14(2,3)11-7-10(9-16)13(17)12(8-11)15(4,5)6;1-3-7-13(8-4-1)11-12-14-9-5-2-6-10-14;5-1(2(6,7)8,3(9,10)11)4(12,13)14;/h2*7-9,17H,1-6H3;1-12H;14H;/q2*-1;;;+2. The zero-order valence-corrected chi connectivity index (χ0v) is 38.7. The predicted octanol–water partition coefficient (Wildman–Crippen LogP) is 13.7. The minimum atomic E-state index is -6.97. The maximum absolute atomic E-state index is 12.1. The molecule has 15 heteroatoms. The zero-order chi connectivity index (χ0) is 48.2. The van der Waals surface area contributed by atoms with Crippen molar-refractivity contribution in [2.24, 2.45) is 7.95 Å². The quantitative estimate of drug-likeness (QED) is 0.127. The first-order valence-electron chi connectivity index (χ1n) is 20.1. The van der Waals surface area contributed by atoms with Crippen LogP contribution in [0.25, 0.3) is 0 Å². The normalized spacial score (nSPS) is 20.3. The summed E-state index contributed by atoms with van der Waals surface area (Å²) < 4.78 is 115. The molecule has 2 atom stereocenters. The van der Waals surface area contributed by atoms with Crippen molar-refractivity contribution in [3.05, 3.63) is 129 Å². The number of hydrogen-bond acceptors (Lipinski definition) is 5. The van der Waals surface area contributed by atoms with Crippen molar-refractivity contribution in [2.75, 3.05) is 0 Å². The van der Waals surface area contributed by atoms with Crippen molar-refractivity contribution in [3.8, 4) is 11.5 Å². The number of alkyl halides is 9. The molecule has 1 fully saturated rings. The molecule has 0 spiro atoms. The Bertz CT molecular complexity index is 2120. The van der Waals surface area contributed by atoms with Gasteiger partial charge in [-0.3, -0.25) is 0 Å². The van der Waals surface area contributed by atoms with E-state index in [1.165, 1.54) is 11.1 Å². The fourth-order valence-electron chi connectivity index (χ4n) is 6.91. The molecule has 4 aromatic rings. The van der Waals surface area contributed by atoms with Crippen molar-refractivity contribution in [2.45, 2.75) is 138 Å². The number of hydrogen-bond donors (Lipinski definition) is 3. The smallest absolute Gasteiger partial charge is 0.333 e. The van der Waals surface area contributed by atoms with Gasteiger partial charge in [-0.25, -0.2) is 4.39 Å². The minimum absolute atomic E-state index is 0.107. The fourth-order valence-corrected chi connectivity index (χ4v) is 12.5. The van der Waals surface area contributed by atoms with E-state index in [2.05, 4.69) is 168 Å². The van der Waals surface area contributed by atoms with Gasteiger partial charge in [0, 0.05) is 0 Å². The summed E-state index contributed by atoms with van der Waals surface area (Å²) in [6, 6.07) is 29.7. The Morgan fingerprint density at radius 1 is 0.476 bits per heavy atom. The molecular formula is C48H57CrF9N2O3. The molecule has 2 unspecified atom stereocenters. The van der Waals surface area contributed by atoms with Gasteiger partial charge in [0.15, 0.2) is 0 Å². The molecule has 1 saturated heterocycles. The van der Waals surface area contributed by atoms with Gasteiger partial charge >= 0.3 is 323 Å². The van der Waals surface area contributed by atoms with Gasteiger partial charge in [0.1, 0.15) is 0 Å². The average Bonchev–Trinajstić information content (AvgIpc) is 3.79. The SMILES string of the molecule is CC(C)(C)c1cc(C=[N][Cr]2([N]=Cc3cc(C(C)(C)C)cc(C(C)(C)C)c3O)[CH](c3ccccc3)[CH]2c2ccccc2)c(O)c(C(C)(C)C)c1.OC(F)(F)C(F)(C(F)(F)F)C(F)(F)F. The van der Waals surface area contributed by atoms with Gasteiger partial charge in [-0.05, 0) is 0 Å². The number of phenols is 2. The van der Waals surface area contributed by atoms with Crippen LogP contribution in [-0.4, -0.2) is 51.9 Å². The van der Waals surface area contributed by atoms with E-state index in [4.69, 9.17) is 13.1 Å². The van der Waals surface area contributed by atoms with Gasteiger partial charge in [-0.2, -0.15) is 35.1 Å². The summed E-state index contributed by atoms with van der Waals surface area (Å²) in [5.41, 5.74) is 0.355. The maximum Gasteiger partial charge on any atom is 0.440 e. The van der Waals surface area contributed by atoms with Gasteiger partial charge in [0.25, 0.3) is 0 Å². The van der Waals surface area contributed by atoms with E-state index in [0.29, 0.717) is 0 Å². The molecule has 0 aromatic heterocycles. The second kappa shape index (κ2) is 17.2. The first kappa shape index (κ1) is 51.3. The molecule has 3 N–H and O–H groups in total. The van der Waals surface area contributed by atoms with Gasteiger partial charge < -0.3 is 5.11 Å². The van der Waals surface area contributed by atoms with E-state index in [0.717, 1.165) is 33.4 Å². The van der Waals surface area contributed by atoms with Crippen molar-refractivity contribution >= 4 is 12.4 Å². The van der Waals surface area contributed by atoms with Crippen molar-refractivity contribution in [1.29, 1.82) is 0 Å². The monoisotopic (exact) mass is 932 g/mol. The van der Waals surface area contributed by atoms with Crippen LogP contribution in [0.3, 0.4) is 0 Å². The van der Waals surface area contributed by atoms with Gasteiger partial charge in [0.05, 0.1) is 0 Å². The van der Waals surface area contributed by atoms with Crippen LogP contribution in [0.2, 0.25) is 0 Å². The predicted molar refractivity (Wildman–Crippen MR) is 228 cm³/mol. The number of aliphatic hydroxyl groups is 1. The number of phenolic OH excluding ortho intramolecular Hbond substituents is 2. The Labute approximate surface area is 367 Å². The van der Waals surface area contributed by atoms with Crippen LogP contribution in [0.5, 0.6) is 11.5 Å². The molecule has 5 rings (SSSR count). The summed E-state index contributed by atoms with van der Waals surface area (Å²) in [6.07, 6.45) is -16.7. The summed E-state index contributed by atoms with van der Waals surface area (Å²) in [7, 11) is 0. The molecule has 0 bridgehead atoms. The van der Waals surface area contributed by atoms with Crippen LogP contribution in [0.15, 0.2) is 92.9 Å². The molecule has 1 aliphatic heterocycles. The average molecular weight is 933 g/mol.